The number of halogens is 1. The van der Waals surface area contributed by atoms with Crippen LogP contribution in [0.25, 0.3) is 0 Å². The van der Waals surface area contributed by atoms with Gasteiger partial charge in [-0.15, -0.1) is 0 Å². The number of esters is 1. The van der Waals surface area contributed by atoms with E-state index in [0.717, 1.165) is 16.7 Å². The summed E-state index contributed by atoms with van der Waals surface area (Å²) in [4.78, 5) is 49.5. The highest BCUT2D eigenvalue weighted by Gasteiger charge is 2.24. The van der Waals surface area contributed by atoms with E-state index >= 15 is 0 Å². The second-order valence-corrected chi connectivity index (χ2v) is 6.93. The van der Waals surface area contributed by atoms with Crippen molar-refractivity contribution in [3.63, 3.8) is 0 Å². The van der Waals surface area contributed by atoms with Gasteiger partial charge in [-0.25, -0.2) is 0 Å². The molecule has 0 aliphatic carbocycles. The SMILES string of the molecule is CN(CC(=O)Nc1ccccc1Cl)C(=O)COC(=O)CN1CCSC1=O. The van der Waals surface area contributed by atoms with Crippen LogP contribution in [0, 0.1) is 0 Å². The number of carbonyl (C=O) groups is 4. The highest BCUT2D eigenvalue weighted by Crippen LogP contribution is 2.20. The number of nitrogens with one attached hydrogen (secondary N) is 1. The molecule has 0 radical (unpaired) electrons. The van der Waals surface area contributed by atoms with Crippen LogP contribution < -0.4 is 5.32 Å². The standard InChI is InChI=1S/C16H18ClN3O5S/c1-19(8-13(21)18-12-5-3-2-4-11(12)17)14(22)10-25-15(23)9-20-6-7-26-16(20)24/h2-5H,6-10H2,1H3,(H,18,21). The summed E-state index contributed by atoms with van der Waals surface area (Å²) in [7, 11) is 1.42. The van der Waals surface area contributed by atoms with Gasteiger partial charge in [0.1, 0.15) is 6.54 Å². The largest absolute Gasteiger partial charge is 0.454 e. The van der Waals surface area contributed by atoms with Gasteiger partial charge in [-0.05, 0) is 12.1 Å². The van der Waals surface area contributed by atoms with Crippen LogP contribution in [-0.4, -0.2) is 71.9 Å². The van der Waals surface area contributed by atoms with Gasteiger partial charge in [-0.1, -0.05) is 35.5 Å². The number of nitrogens with zero attached hydrogens (tertiary/aromatic N) is 2. The van der Waals surface area contributed by atoms with Crippen LogP contribution in [0.1, 0.15) is 0 Å². The molecule has 2 rings (SSSR count). The molecule has 1 saturated heterocycles. The molecule has 1 aliphatic rings. The fourth-order valence-corrected chi connectivity index (χ4v) is 3.09. The summed E-state index contributed by atoms with van der Waals surface area (Å²) >= 11 is 7.09. The third kappa shape index (κ3) is 5.92. The lowest BCUT2D eigenvalue weighted by Crippen LogP contribution is -2.38. The molecule has 1 N–H and O–H groups in total. The molecule has 0 aromatic heterocycles. The van der Waals surface area contributed by atoms with E-state index in [4.69, 9.17) is 16.3 Å². The van der Waals surface area contributed by atoms with Crippen molar-refractivity contribution in [1.82, 2.24) is 9.80 Å². The molecular weight excluding hydrogens is 382 g/mol. The summed E-state index contributed by atoms with van der Waals surface area (Å²) in [5, 5.41) is 2.80. The topological polar surface area (TPSA) is 96.0 Å². The quantitative estimate of drug-likeness (QED) is 0.697. The van der Waals surface area contributed by atoms with Crippen LogP contribution in [-0.2, 0) is 19.1 Å². The fraction of sp³-hybridized carbons (Fsp3) is 0.375. The molecule has 1 heterocycles. The molecule has 10 heteroatoms. The fourth-order valence-electron chi connectivity index (χ4n) is 2.08. The molecule has 1 fully saturated rings. The number of ether oxygens (including phenoxy) is 1. The van der Waals surface area contributed by atoms with Crippen molar-refractivity contribution in [3.05, 3.63) is 29.3 Å². The molecule has 3 amide bonds. The minimum atomic E-state index is -0.664. The van der Waals surface area contributed by atoms with Gasteiger partial charge < -0.3 is 19.9 Å². The summed E-state index contributed by atoms with van der Waals surface area (Å²) in [6.07, 6.45) is 0. The van der Waals surface area contributed by atoms with Gasteiger partial charge in [0.15, 0.2) is 6.61 Å². The van der Waals surface area contributed by atoms with Crippen LogP contribution in [0.4, 0.5) is 10.5 Å². The summed E-state index contributed by atoms with van der Waals surface area (Å²) in [6.45, 7) is -0.419. The molecule has 0 bridgehead atoms. The number of benzene rings is 1. The molecule has 8 nitrogen and oxygen atoms in total. The minimum absolute atomic E-state index is 0.179. The molecule has 0 unspecified atom stereocenters. The predicted molar refractivity (Wildman–Crippen MR) is 98.1 cm³/mol. The number of para-hydroxylation sites is 1. The van der Waals surface area contributed by atoms with E-state index in [1.54, 1.807) is 24.3 Å². The molecule has 0 saturated carbocycles. The van der Waals surface area contributed by atoms with Crippen molar-refractivity contribution in [2.45, 2.75) is 0 Å². The Kier molecular flexibility index (Phi) is 7.28. The monoisotopic (exact) mass is 399 g/mol. The number of rotatable bonds is 7. The normalized spacial score (nSPS) is 13.5. The summed E-state index contributed by atoms with van der Waals surface area (Å²) in [5.74, 6) is -0.994. The zero-order valence-corrected chi connectivity index (χ0v) is 15.6. The van der Waals surface area contributed by atoms with Gasteiger partial charge in [-0.3, -0.25) is 19.2 Å². The Morgan fingerprint density at radius 1 is 1.35 bits per heavy atom. The molecule has 1 aromatic rings. The average Bonchev–Trinajstić information content (AvgIpc) is 2.99. The highest BCUT2D eigenvalue weighted by molar-refractivity contribution is 8.13. The maximum absolute atomic E-state index is 12.0. The summed E-state index contributed by atoms with van der Waals surface area (Å²) in [6, 6.07) is 6.73. The van der Waals surface area contributed by atoms with Gasteiger partial charge in [-0.2, -0.15) is 0 Å². The van der Waals surface area contributed by atoms with Gasteiger partial charge >= 0.3 is 5.97 Å². The molecule has 0 atom stereocenters. The van der Waals surface area contributed by atoms with Crippen LogP contribution in [0.5, 0.6) is 0 Å². The predicted octanol–water partition coefficient (Wildman–Crippen LogP) is 1.45. The first kappa shape index (κ1) is 20.1. The molecule has 1 aromatic carbocycles. The number of likely N-dealkylation sites (N-methyl/N-ethyl adjacent to an activating group) is 1. The van der Waals surface area contributed by atoms with E-state index in [9.17, 15) is 19.2 Å². The van der Waals surface area contributed by atoms with Crippen LogP contribution >= 0.6 is 23.4 Å². The van der Waals surface area contributed by atoms with Crippen LogP contribution in [0.2, 0.25) is 5.02 Å². The Labute approximate surface area is 159 Å². The Morgan fingerprint density at radius 3 is 2.73 bits per heavy atom. The number of thioether (sulfide) groups is 1. The number of anilines is 1. The second kappa shape index (κ2) is 9.44. The van der Waals surface area contributed by atoms with Crippen molar-refractivity contribution in [3.8, 4) is 0 Å². The number of amides is 3. The zero-order valence-electron chi connectivity index (χ0n) is 14.1. The van der Waals surface area contributed by atoms with E-state index in [1.165, 1.54) is 11.9 Å². The Hall–Kier alpha value is -2.26. The summed E-state index contributed by atoms with van der Waals surface area (Å²) < 4.78 is 4.87. The maximum atomic E-state index is 12.0. The molecule has 140 valence electrons. The molecule has 26 heavy (non-hydrogen) atoms. The molecule has 0 spiro atoms. The van der Waals surface area contributed by atoms with Crippen LogP contribution in [0.3, 0.4) is 0 Å². The van der Waals surface area contributed by atoms with E-state index < -0.39 is 24.4 Å². The maximum Gasteiger partial charge on any atom is 0.326 e. The van der Waals surface area contributed by atoms with Crippen LogP contribution in [0.15, 0.2) is 24.3 Å². The zero-order chi connectivity index (χ0) is 19.1. The van der Waals surface area contributed by atoms with Crippen molar-refractivity contribution < 1.29 is 23.9 Å². The molecular formula is C16H18ClN3O5S. The number of hydrogen-bond acceptors (Lipinski definition) is 6. The first-order chi connectivity index (χ1) is 12.4. The van der Waals surface area contributed by atoms with Crippen molar-refractivity contribution >= 4 is 52.1 Å². The Morgan fingerprint density at radius 2 is 2.08 bits per heavy atom. The highest BCUT2D eigenvalue weighted by atomic mass is 35.5. The smallest absolute Gasteiger partial charge is 0.326 e. The van der Waals surface area contributed by atoms with E-state index in [0.29, 0.717) is 23.0 Å². The second-order valence-electron chi connectivity index (χ2n) is 5.47. The lowest BCUT2D eigenvalue weighted by atomic mass is 10.3. The lowest BCUT2D eigenvalue weighted by molar-refractivity contribution is -0.152. The van der Waals surface area contributed by atoms with E-state index in [1.807, 2.05) is 0 Å². The van der Waals surface area contributed by atoms with Crippen molar-refractivity contribution in [2.24, 2.45) is 0 Å². The van der Waals surface area contributed by atoms with Crippen molar-refractivity contribution in [2.75, 3.05) is 44.4 Å². The van der Waals surface area contributed by atoms with Gasteiger partial charge in [0.05, 0.1) is 17.3 Å². The first-order valence-electron chi connectivity index (χ1n) is 7.72. The third-order valence-corrected chi connectivity index (χ3v) is 4.70. The van der Waals surface area contributed by atoms with Gasteiger partial charge in [0.2, 0.25) is 5.91 Å². The van der Waals surface area contributed by atoms with E-state index in [2.05, 4.69) is 5.32 Å². The molecule has 1 aliphatic heterocycles. The average molecular weight is 400 g/mol. The van der Waals surface area contributed by atoms with Gasteiger partial charge in [0.25, 0.3) is 11.1 Å². The third-order valence-electron chi connectivity index (χ3n) is 3.48. The van der Waals surface area contributed by atoms with E-state index in [-0.39, 0.29) is 18.3 Å². The number of carbonyl (C=O) groups excluding carboxylic acids is 4. The number of hydrogen-bond donors (Lipinski definition) is 1. The van der Waals surface area contributed by atoms with Gasteiger partial charge in [0, 0.05) is 19.3 Å². The Balaban J connectivity index is 1.73. The first-order valence-corrected chi connectivity index (χ1v) is 9.09. The lowest BCUT2D eigenvalue weighted by Gasteiger charge is -2.18. The summed E-state index contributed by atoms with van der Waals surface area (Å²) in [5.41, 5.74) is 0.444. The Bertz CT molecular complexity index is 715. The minimum Gasteiger partial charge on any atom is -0.454 e. The van der Waals surface area contributed by atoms with Crippen molar-refractivity contribution in [1.29, 1.82) is 0 Å².